The van der Waals surface area contributed by atoms with E-state index in [-0.39, 0.29) is 11.9 Å². The Bertz CT molecular complexity index is 294. The first kappa shape index (κ1) is 9.73. The maximum atomic E-state index is 11.4. The van der Waals surface area contributed by atoms with Crippen molar-refractivity contribution in [1.82, 2.24) is 15.1 Å². The summed E-state index contributed by atoms with van der Waals surface area (Å²) < 4.78 is 1.27. The van der Waals surface area contributed by atoms with Crippen LogP contribution in [0.3, 0.4) is 0 Å². The molecule has 0 radical (unpaired) electrons. The third-order valence-corrected chi connectivity index (χ3v) is 1.84. The van der Waals surface area contributed by atoms with E-state index in [0.717, 1.165) is 0 Å². The van der Waals surface area contributed by atoms with E-state index in [1.54, 1.807) is 12.3 Å². The smallest absolute Gasteiger partial charge is 0.248 e. The molecule has 1 heterocycles. The lowest BCUT2D eigenvalue weighted by atomic mass is 10.2. The standard InChI is InChI=1S/C8H14N4O/c1-6(10-2)5-8(13)12-4-3-7(9)11-12/h3-4,6,10H,5H2,1-2H3,(H2,9,11). The van der Waals surface area contributed by atoms with Crippen LogP contribution in [0.25, 0.3) is 0 Å². The van der Waals surface area contributed by atoms with Crippen molar-refractivity contribution in [3.05, 3.63) is 12.3 Å². The van der Waals surface area contributed by atoms with Crippen molar-refractivity contribution in [1.29, 1.82) is 0 Å². The van der Waals surface area contributed by atoms with Crippen LogP contribution in [0, 0.1) is 0 Å². The van der Waals surface area contributed by atoms with E-state index in [1.807, 2.05) is 14.0 Å². The number of carbonyl (C=O) groups excluding carboxylic acids is 1. The average molecular weight is 182 g/mol. The molecule has 0 saturated carbocycles. The molecule has 72 valence electrons. The number of rotatable bonds is 3. The fraction of sp³-hybridized carbons (Fsp3) is 0.500. The second-order valence-corrected chi connectivity index (χ2v) is 2.97. The maximum absolute atomic E-state index is 11.4. The maximum Gasteiger partial charge on any atom is 0.248 e. The first-order valence-corrected chi connectivity index (χ1v) is 4.15. The van der Waals surface area contributed by atoms with Gasteiger partial charge in [-0.05, 0) is 14.0 Å². The molecule has 1 unspecified atom stereocenters. The van der Waals surface area contributed by atoms with Gasteiger partial charge in [-0.2, -0.15) is 0 Å². The van der Waals surface area contributed by atoms with Gasteiger partial charge in [0.15, 0.2) is 0 Å². The van der Waals surface area contributed by atoms with Gasteiger partial charge in [0.2, 0.25) is 5.91 Å². The predicted octanol–water partition coefficient (Wildman–Crippen LogP) is 0.103. The summed E-state index contributed by atoms with van der Waals surface area (Å²) in [5.41, 5.74) is 5.38. The zero-order valence-corrected chi connectivity index (χ0v) is 7.82. The SMILES string of the molecule is CNC(C)CC(=O)n1ccc(N)n1. The van der Waals surface area contributed by atoms with Gasteiger partial charge in [-0.15, -0.1) is 5.10 Å². The van der Waals surface area contributed by atoms with Crippen LogP contribution in [0.5, 0.6) is 0 Å². The molecule has 1 rings (SSSR count). The topological polar surface area (TPSA) is 72.9 Å². The molecule has 0 aliphatic heterocycles. The van der Waals surface area contributed by atoms with E-state index in [0.29, 0.717) is 12.2 Å². The molecule has 0 aliphatic carbocycles. The molecule has 13 heavy (non-hydrogen) atoms. The number of carbonyl (C=O) groups is 1. The van der Waals surface area contributed by atoms with Crippen LogP contribution in [0.4, 0.5) is 5.82 Å². The van der Waals surface area contributed by atoms with Gasteiger partial charge in [0, 0.05) is 24.7 Å². The number of anilines is 1. The summed E-state index contributed by atoms with van der Waals surface area (Å²) in [6.07, 6.45) is 1.98. The fourth-order valence-corrected chi connectivity index (χ4v) is 0.934. The van der Waals surface area contributed by atoms with Crippen molar-refractivity contribution in [3.8, 4) is 0 Å². The lowest BCUT2D eigenvalue weighted by molar-refractivity contribution is 0.0876. The highest BCUT2D eigenvalue weighted by molar-refractivity contribution is 5.78. The molecule has 0 amide bonds. The lowest BCUT2D eigenvalue weighted by Gasteiger charge is -2.07. The van der Waals surface area contributed by atoms with E-state index in [2.05, 4.69) is 10.4 Å². The average Bonchev–Trinajstić information content (AvgIpc) is 2.51. The van der Waals surface area contributed by atoms with Gasteiger partial charge in [-0.3, -0.25) is 4.79 Å². The molecule has 3 N–H and O–H groups in total. The molecule has 5 nitrogen and oxygen atoms in total. The van der Waals surface area contributed by atoms with Crippen LogP contribution in [-0.2, 0) is 0 Å². The molecule has 0 aliphatic rings. The van der Waals surface area contributed by atoms with E-state index in [1.165, 1.54) is 4.68 Å². The Labute approximate surface area is 76.9 Å². The molecule has 1 aromatic rings. The third-order valence-electron chi connectivity index (χ3n) is 1.84. The van der Waals surface area contributed by atoms with Crippen LogP contribution in [0.2, 0.25) is 0 Å². The first-order valence-electron chi connectivity index (χ1n) is 4.15. The van der Waals surface area contributed by atoms with Gasteiger partial charge < -0.3 is 11.1 Å². The Balaban J connectivity index is 2.58. The van der Waals surface area contributed by atoms with Gasteiger partial charge in [-0.1, -0.05) is 0 Å². The summed E-state index contributed by atoms with van der Waals surface area (Å²) in [4.78, 5) is 11.4. The molecule has 1 atom stereocenters. The van der Waals surface area contributed by atoms with E-state index < -0.39 is 0 Å². The Hall–Kier alpha value is -1.36. The molecule has 0 bridgehead atoms. The second kappa shape index (κ2) is 4.04. The van der Waals surface area contributed by atoms with Crippen molar-refractivity contribution in [2.45, 2.75) is 19.4 Å². The summed E-state index contributed by atoms with van der Waals surface area (Å²) >= 11 is 0. The van der Waals surface area contributed by atoms with E-state index >= 15 is 0 Å². The molecular formula is C8H14N4O. The van der Waals surface area contributed by atoms with Crippen molar-refractivity contribution >= 4 is 11.7 Å². The fourth-order valence-electron chi connectivity index (χ4n) is 0.934. The molecule has 0 spiro atoms. The van der Waals surface area contributed by atoms with Crippen LogP contribution < -0.4 is 11.1 Å². The van der Waals surface area contributed by atoms with Crippen LogP contribution in [0.15, 0.2) is 12.3 Å². The van der Waals surface area contributed by atoms with Crippen molar-refractivity contribution in [2.24, 2.45) is 0 Å². The quantitative estimate of drug-likeness (QED) is 0.695. The highest BCUT2D eigenvalue weighted by Crippen LogP contribution is 1.99. The van der Waals surface area contributed by atoms with Gasteiger partial charge in [-0.25, -0.2) is 4.68 Å². The normalized spacial score (nSPS) is 12.8. The monoisotopic (exact) mass is 182 g/mol. The van der Waals surface area contributed by atoms with Crippen LogP contribution in [0.1, 0.15) is 18.1 Å². The lowest BCUT2D eigenvalue weighted by Crippen LogP contribution is -2.27. The zero-order chi connectivity index (χ0) is 9.84. The molecule has 0 aromatic carbocycles. The Morgan fingerprint density at radius 3 is 3.00 bits per heavy atom. The summed E-state index contributed by atoms with van der Waals surface area (Å²) in [5, 5.41) is 6.79. The van der Waals surface area contributed by atoms with Crippen molar-refractivity contribution in [2.75, 3.05) is 12.8 Å². The van der Waals surface area contributed by atoms with Gasteiger partial charge >= 0.3 is 0 Å². The van der Waals surface area contributed by atoms with Crippen LogP contribution >= 0.6 is 0 Å². The minimum absolute atomic E-state index is 0.0569. The number of nitrogens with zero attached hydrogens (tertiary/aromatic N) is 2. The number of nitrogens with one attached hydrogen (secondary N) is 1. The molecule has 0 saturated heterocycles. The van der Waals surface area contributed by atoms with Crippen molar-refractivity contribution < 1.29 is 4.79 Å². The molecular weight excluding hydrogens is 168 g/mol. The summed E-state index contributed by atoms with van der Waals surface area (Å²) in [7, 11) is 1.81. The van der Waals surface area contributed by atoms with E-state index in [9.17, 15) is 4.79 Å². The minimum Gasteiger partial charge on any atom is -0.382 e. The minimum atomic E-state index is -0.0569. The molecule has 5 heteroatoms. The molecule has 0 fully saturated rings. The number of nitrogens with two attached hydrogens (primary N) is 1. The van der Waals surface area contributed by atoms with Gasteiger partial charge in [0.25, 0.3) is 0 Å². The summed E-state index contributed by atoms with van der Waals surface area (Å²) in [6, 6.07) is 1.75. The molecule has 1 aromatic heterocycles. The third kappa shape index (κ3) is 2.55. The van der Waals surface area contributed by atoms with Gasteiger partial charge in [0.1, 0.15) is 5.82 Å². The predicted molar refractivity (Wildman–Crippen MR) is 50.4 cm³/mol. The van der Waals surface area contributed by atoms with Crippen molar-refractivity contribution in [3.63, 3.8) is 0 Å². The Morgan fingerprint density at radius 2 is 2.54 bits per heavy atom. The first-order chi connectivity index (χ1) is 6.13. The highest BCUT2D eigenvalue weighted by Gasteiger charge is 2.09. The van der Waals surface area contributed by atoms with Gasteiger partial charge in [0.05, 0.1) is 0 Å². The highest BCUT2D eigenvalue weighted by atomic mass is 16.2. The Kier molecular flexibility index (Phi) is 3.02. The van der Waals surface area contributed by atoms with E-state index in [4.69, 9.17) is 5.73 Å². The number of hydrogen-bond acceptors (Lipinski definition) is 4. The number of aromatic nitrogens is 2. The largest absolute Gasteiger partial charge is 0.382 e. The summed E-state index contributed by atoms with van der Waals surface area (Å²) in [5.74, 6) is 0.309. The Morgan fingerprint density at radius 1 is 1.85 bits per heavy atom. The van der Waals surface area contributed by atoms with Crippen LogP contribution in [-0.4, -0.2) is 28.8 Å². The number of nitrogen functional groups attached to an aromatic ring is 1. The second-order valence-electron chi connectivity index (χ2n) is 2.97. The zero-order valence-electron chi connectivity index (χ0n) is 7.82. The summed E-state index contributed by atoms with van der Waals surface area (Å²) in [6.45, 7) is 1.94. The number of hydrogen-bond donors (Lipinski definition) is 2.